The molecule has 1 aromatic carbocycles. The highest BCUT2D eigenvalue weighted by atomic mass is 16.3. The largest absolute Gasteiger partial charge is 0.504 e. The van der Waals surface area contributed by atoms with E-state index in [0.29, 0.717) is 11.1 Å². The van der Waals surface area contributed by atoms with E-state index in [0.717, 1.165) is 0 Å². The fraction of sp³-hybridized carbons (Fsp3) is 0. The zero-order valence-corrected chi connectivity index (χ0v) is 11.4. The van der Waals surface area contributed by atoms with Gasteiger partial charge in [0.2, 0.25) is 0 Å². The number of nitrogens with zero attached hydrogens (tertiary/aromatic N) is 1. The van der Waals surface area contributed by atoms with E-state index in [1.54, 1.807) is 0 Å². The van der Waals surface area contributed by atoms with Crippen LogP contribution < -0.4 is 10.9 Å². The van der Waals surface area contributed by atoms with Gasteiger partial charge in [0.05, 0.1) is 0 Å². The van der Waals surface area contributed by atoms with Gasteiger partial charge in [-0.05, 0) is 35.9 Å². The Balaban J connectivity index is 1.89. The molecule has 0 aliphatic carbocycles. The van der Waals surface area contributed by atoms with Crippen LogP contribution in [0.1, 0.15) is 15.9 Å². The normalized spacial score (nSPS) is 10.4. The van der Waals surface area contributed by atoms with Crippen LogP contribution >= 0.6 is 0 Å². The van der Waals surface area contributed by atoms with E-state index in [-0.39, 0.29) is 11.5 Å². The first kappa shape index (κ1) is 15.0. The number of carbonyl (C=O) groups excluding carboxylic acids is 2. The monoisotopic (exact) mass is 299 g/mol. The number of aromatic nitrogens is 1. The van der Waals surface area contributed by atoms with E-state index in [1.807, 2.05) is 0 Å². The van der Waals surface area contributed by atoms with Crippen molar-refractivity contribution in [2.75, 3.05) is 0 Å². The summed E-state index contributed by atoms with van der Waals surface area (Å²) in [6.45, 7) is 0. The second kappa shape index (κ2) is 6.89. The molecule has 0 fully saturated rings. The molecule has 0 unspecified atom stereocenters. The van der Waals surface area contributed by atoms with Gasteiger partial charge in [-0.3, -0.25) is 25.4 Å². The Kier molecular flexibility index (Phi) is 4.71. The van der Waals surface area contributed by atoms with Crippen molar-refractivity contribution < 1.29 is 19.8 Å². The molecular weight excluding hydrogens is 286 g/mol. The van der Waals surface area contributed by atoms with Gasteiger partial charge in [-0.25, -0.2) is 0 Å². The van der Waals surface area contributed by atoms with E-state index < -0.39 is 11.8 Å². The highest BCUT2D eigenvalue weighted by Crippen LogP contribution is 2.25. The van der Waals surface area contributed by atoms with Gasteiger partial charge < -0.3 is 10.2 Å². The third-order valence-electron chi connectivity index (χ3n) is 2.67. The van der Waals surface area contributed by atoms with Crippen molar-refractivity contribution in [3.05, 3.63) is 59.9 Å². The maximum atomic E-state index is 11.7. The van der Waals surface area contributed by atoms with Crippen molar-refractivity contribution in [2.24, 2.45) is 0 Å². The van der Waals surface area contributed by atoms with E-state index in [2.05, 4.69) is 15.8 Å². The summed E-state index contributed by atoms with van der Waals surface area (Å²) in [5.41, 5.74) is 5.35. The molecule has 2 aromatic rings. The highest BCUT2D eigenvalue weighted by Gasteiger charge is 2.05. The van der Waals surface area contributed by atoms with Crippen LogP contribution in [-0.4, -0.2) is 27.0 Å². The molecular formula is C15H13N3O4. The summed E-state index contributed by atoms with van der Waals surface area (Å²) < 4.78 is 0. The molecule has 1 heterocycles. The lowest BCUT2D eigenvalue weighted by atomic mass is 10.2. The minimum atomic E-state index is -0.546. The second-order valence-corrected chi connectivity index (χ2v) is 4.26. The maximum absolute atomic E-state index is 11.7. The number of hydrogen-bond acceptors (Lipinski definition) is 5. The van der Waals surface area contributed by atoms with Crippen LogP contribution in [0.2, 0.25) is 0 Å². The third-order valence-corrected chi connectivity index (χ3v) is 2.67. The lowest BCUT2D eigenvalue weighted by molar-refractivity contribution is -0.117. The Labute approximate surface area is 125 Å². The molecule has 0 spiro atoms. The molecule has 7 heteroatoms. The van der Waals surface area contributed by atoms with Crippen molar-refractivity contribution >= 4 is 17.9 Å². The van der Waals surface area contributed by atoms with Crippen LogP contribution in [0.25, 0.3) is 6.08 Å². The van der Waals surface area contributed by atoms with Gasteiger partial charge in [-0.1, -0.05) is 6.07 Å². The molecule has 0 saturated heterocycles. The number of pyridine rings is 1. The zero-order chi connectivity index (χ0) is 15.9. The molecule has 7 nitrogen and oxygen atoms in total. The Morgan fingerprint density at radius 2 is 1.73 bits per heavy atom. The van der Waals surface area contributed by atoms with E-state index in [9.17, 15) is 14.7 Å². The topological polar surface area (TPSA) is 112 Å². The summed E-state index contributed by atoms with van der Waals surface area (Å²) in [5, 5.41) is 18.5. The van der Waals surface area contributed by atoms with Crippen molar-refractivity contribution in [3.63, 3.8) is 0 Å². The summed E-state index contributed by atoms with van der Waals surface area (Å²) in [6, 6.07) is 7.15. The number of benzene rings is 1. The average Bonchev–Trinajstić information content (AvgIpc) is 2.54. The summed E-state index contributed by atoms with van der Waals surface area (Å²) >= 11 is 0. The minimum absolute atomic E-state index is 0.244. The summed E-state index contributed by atoms with van der Waals surface area (Å²) in [6.07, 6.45) is 5.54. The standard InChI is InChI=1S/C15H13N3O4/c19-12-3-1-10(9-13(12)20)2-4-14(21)17-18-15(22)11-5-7-16-8-6-11/h1-9,19-20H,(H,17,21)(H,18,22)/b4-2+. The van der Waals surface area contributed by atoms with Crippen molar-refractivity contribution in [3.8, 4) is 11.5 Å². The van der Waals surface area contributed by atoms with Crippen LogP contribution in [0.15, 0.2) is 48.8 Å². The SMILES string of the molecule is O=C(/C=C/c1ccc(O)c(O)c1)NNC(=O)c1ccncc1. The van der Waals surface area contributed by atoms with Crippen molar-refractivity contribution in [1.29, 1.82) is 0 Å². The van der Waals surface area contributed by atoms with E-state index in [1.165, 1.54) is 54.9 Å². The lowest BCUT2D eigenvalue weighted by Crippen LogP contribution is -2.40. The van der Waals surface area contributed by atoms with Gasteiger partial charge in [0, 0.05) is 24.0 Å². The number of nitrogens with one attached hydrogen (secondary N) is 2. The fourth-order valence-electron chi connectivity index (χ4n) is 1.55. The first-order valence-electron chi connectivity index (χ1n) is 6.26. The number of rotatable bonds is 3. The Morgan fingerprint density at radius 1 is 1.00 bits per heavy atom. The maximum Gasteiger partial charge on any atom is 0.269 e. The Hall–Kier alpha value is -3.35. The number of hydrazine groups is 1. The Morgan fingerprint density at radius 3 is 2.41 bits per heavy atom. The van der Waals surface area contributed by atoms with Gasteiger partial charge in [0.25, 0.3) is 11.8 Å². The van der Waals surface area contributed by atoms with Crippen molar-refractivity contribution in [1.82, 2.24) is 15.8 Å². The smallest absolute Gasteiger partial charge is 0.269 e. The molecule has 0 atom stereocenters. The number of phenolic OH excluding ortho intramolecular Hbond substituents is 2. The van der Waals surface area contributed by atoms with Crippen LogP contribution in [0.3, 0.4) is 0 Å². The molecule has 1 aromatic heterocycles. The molecule has 112 valence electrons. The number of aromatic hydroxyl groups is 2. The number of carbonyl (C=O) groups is 2. The van der Waals surface area contributed by atoms with E-state index >= 15 is 0 Å². The van der Waals surface area contributed by atoms with Gasteiger partial charge in [-0.2, -0.15) is 0 Å². The quantitative estimate of drug-likeness (QED) is 0.383. The predicted octanol–water partition coefficient (Wildman–Crippen LogP) is 0.967. The number of phenols is 2. The van der Waals surface area contributed by atoms with Crippen LogP contribution in [-0.2, 0) is 4.79 Å². The summed E-state index contributed by atoms with van der Waals surface area (Å²) in [7, 11) is 0. The minimum Gasteiger partial charge on any atom is -0.504 e. The van der Waals surface area contributed by atoms with E-state index in [4.69, 9.17) is 5.11 Å². The first-order chi connectivity index (χ1) is 10.6. The molecule has 0 saturated carbocycles. The molecule has 22 heavy (non-hydrogen) atoms. The lowest BCUT2D eigenvalue weighted by Gasteiger charge is -2.04. The van der Waals surface area contributed by atoms with Gasteiger partial charge in [0.15, 0.2) is 11.5 Å². The average molecular weight is 299 g/mol. The van der Waals surface area contributed by atoms with Gasteiger partial charge in [0.1, 0.15) is 0 Å². The highest BCUT2D eigenvalue weighted by molar-refractivity contribution is 5.97. The van der Waals surface area contributed by atoms with Crippen LogP contribution in [0.5, 0.6) is 11.5 Å². The molecule has 0 aliphatic heterocycles. The third kappa shape index (κ3) is 4.07. The molecule has 2 amide bonds. The Bertz CT molecular complexity index is 714. The van der Waals surface area contributed by atoms with Crippen LogP contribution in [0.4, 0.5) is 0 Å². The number of amides is 2. The molecule has 4 N–H and O–H groups in total. The summed E-state index contributed by atoms with van der Waals surface area (Å²) in [5.74, 6) is -1.54. The van der Waals surface area contributed by atoms with Crippen molar-refractivity contribution in [2.45, 2.75) is 0 Å². The molecule has 0 bridgehead atoms. The van der Waals surface area contributed by atoms with Gasteiger partial charge in [-0.15, -0.1) is 0 Å². The zero-order valence-electron chi connectivity index (χ0n) is 11.4. The first-order valence-corrected chi connectivity index (χ1v) is 6.26. The predicted molar refractivity (Wildman–Crippen MR) is 78.7 cm³/mol. The second-order valence-electron chi connectivity index (χ2n) is 4.26. The fourth-order valence-corrected chi connectivity index (χ4v) is 1.55. The van der Waals surface area contributed by atoms with Gasteiger partial charge >= 0.3 is 0 Å². The molecule has 0 aliphatic rings. The number of hydrogen-bond donors (Lipinski definition) is 4. The molecule has 2 rings (SSSR count). The molecule has 0 radical (unpaired) electrons. The van der Waals surface area contributed by atoms with Crippen LogP contribution in [0, 0.1) is 0 Å². The summed E-state index contributed by atoms with van der Waals surface area (Å²) in [4.78, 5) is 27.0.